The highest BCUT2D eigenvalue weighted by Crippen LogP contribution is 2.19. The van der Waals surface area contributed by atoms with Gasteiger partial charge in [0.1, 0.15) is 5.82 Å². The second-order valence-electron chi connectivity index (χ2n) is 5.25. The first kappa shape index (κ1) is 15.6. The molecule has 2 atom stereocenters. The molecule has 1 aromatic carbocycles. The molecule has 0 saturated heterocycles. The van der Waals surface area contributed by atoms with Gasteiger partial charge in [0.2, 0.25) is 0 Å². The summed E-state index contributed by atoms with van der Waals surface area (Å²) in [7, 11) is 0. The number of halogens is 1. The molecule has 2 unspecified atom stereocenters. The molecule has 0 aliphatic heterocycles. The van der Waals surface area contributed by atoms with Gasteiger partial charge in [-0.2, -0.15) is 5.26 Å². The predicted octanol–water partition coefficient (Wildman–Crippen LogP) is 2.75. The predicted molar refractivity (Wildman–Crippen MR) is 73.0 cm³/mol. The summed E-state index contributed by atoms with van der Waals surface area (Å²) in [4.78, 5) is 0. The quantitative estimate of drug-likeness (QED) is 0.830. The first-order valence-corrected chi connectivity index (χ1v) is 6.54. The van der Waals surface area contributed by atoms with Gasteiger partial charge in [0.25, 0.3) is 0 Å². The summed E-state index contributed by atoms with van der Waals surface area (Å²) in [5.41, 5.74) is 0.829. The molecule has 0 heterocycles. The van der Waals surface area contributed by atoms with Gasteiger partial charge in [-0.25, -0.2) is 4.39 Å². The van der Waals surface area contributed by atoms with Crippen LogP contribution in [0.25, 0.3) is 0 Å². The maximum absolute atomic E-state index is 13.9. The van der Waals surface area contributed by atoms with Crippen molar-refractivity contribution in [3.8, 4) is 6.07 Å². The van der Waals surface area contributed by atoms with Gasteiger partial charge in [0.15, 0.2) is 0 Å². The fourth-order valence-electron chi connectivity index (χ4n) is 2.16. The normalized spacial score (nSPS) is 14.2. The number of nitrogens with one attached hydrogen (secondary N) is 1. The lowest BCUT2D eigenvalue weighted by atomic mass is 10.0. The molecular weight excluding hydrogens is 243 g/mol. The summed E-state index contributed by atoms with van der Waals surface area (Å²) < 4.78 is 13.9. The summed E-state index contributed by atoms with van der Waals surface area (Å²) in [6, 6.07) is 6.12. The van der Waals surface area contributed by atoms with E-state index in [9.17, 15) is 9.50 Å². The van der Waals surface area contributed by atoms with Crippen molar-refractivity contribution in [2.45, 2.75) is 39.3 Å². The molecule has 19 heavy (non-hydrogen) atoms. The number of aliphatic hydroxyl groups is 1. The molecule has 3 nitrogen and oxygen atoms in total. The third-order valence-electron chi connectivity index (χ3n) is 3.06. The summed E-state index contributed by atoms with van der Waals surface area (Å²) in [6.45, 7) is 6.04. The van der Waals surface area contributed by atoms with Gasteiger partial charge >= 0.3 is 0 Å². The molecule has 0 amide bonds. The average Bonchev–Trinajstić information content (AvgIpc) is 2.36. The van der Waals surface area contributed by atoms with Crippen LogP contribution in [0.15, 0.2) is 18.2 Å². The van der Waals surface area contributed by atoms with E-state index in [1.54, 1.807) is 12.1 Å². The maximum atomic E-state index is 13.9. The van der Waals surface area contributed by atoms with Crippen LogP contribution in [-0.4, -0.2) is 17.8 Å². The van der Waals surface area contributed by atoms with Crippen LogP contribution in [0.2, 0.25) is 0 Å². The minimum Gasteiger partial charge on any atom is -0.395 e. The van der Waals surface area contributed by atoms with E-state index in [1.165, 1.54) is 6.07 Å². The third-order valence-corrected chi connectivity index (χ3v) is 3.06. The average molecular weight is 264 g/mol. The van der Waals surface area contributed by atoms with E-state index in [2.05, 4.69) is 19.2 Å². The lowest BCUT2D eigenvalue weighted by molar-refractivity contribution is 0.214. The second kappa shape index (κ2) is 7.22. The van der Waals surface area contributed by atoms with E-state index in [0.717, 1.165) is 6.42 Å². The Morgan fingerprint density at radius 3 is 2.53 bits per heavy atom. The monoisotopic (exact) mass is 264 g/mol. The molecule has 0 aliphatic carbocycles. The van der Waals surface area contributed by atoms with Crippen LogP contribution < -0.4 is 5.32 Å². The van der Waals surface area contributed by atoms with E-state index >= 15 is 0 Å². The number of rotatable bonds is 6. The van der Waals surface area contributed by atoms with Crippen LogP contribution >= 0.6 is 0 Å². The standard InChI is InChI=1S/C15H21FN2O/c1-10(2)6-13(9-19)18-11(3)14-5-4-12(8-17)7-15(14)16/h4-5,7,10-11,13,18-19H,6,9H2,1-3H3. The van der Waals surface area contributed by atoms with E-state index in [1.807, 2.05) is 13.0 Å². The van der Waals surface area contributed by atoms with Crippen LogP contribution in [0.3, 0.4) is 0 Å². The van der Waals surface area contributed by atoms with Gasteiger partial charge in [0, 0.05) is 17.6 Å². The second-order valence-corrected chi connectivity index (χ2v) is 5.25. The fourth-order valence-corrected chi connectivity index (χ4v) is 2.16. The molecule has 1 aromatic rings. The molecule has 0 fully saturated rings. The number of hydrogen-bond donors (Lipinski definition) is 2. The topological polar surface area (TPSA) is 56.0 Å². The van der Waals surface area contributed by atoms with Crippen molar-refractivity contribution in [1.82, 2.24) is 5.32 Å². The van der Waals surface area contributed by atoms with E-state index in [4.69, 9.17) is 5.26 Å². The Morgan fingerprint density at radius 2 is 2.05 bits per heavy atom. The molecule has 0 aliphatic rings. The molecule has 0 spiro atoms. The summed E-state index contributed by atoms with van der Waals surface area (Å²) in [5, 5.41) is 21.3. The lowest BCUT2D eigenvalue weighted by Crippen LogP contribution is -2.36. The Labute approximate surface area is 114 Å². The number of hydrogen-bond acceptors (Lipinski definition) is 3. The number of aliphatic hydroxyl groups excluding tert-OH is 1. The highest BCUT2D eigenvalue weighted by Gasteiger charge is 2.16. The Balaban J connectivity index is 2.77. The van der Waals surface area contributed by atoms with Crippen LogP contribution in [0.4, 0.5) is 4.39 Å². The zero-order chi connectivity index (χ0) is 14.4. The van der Waals surface area contributed by atoms with E-state index < -0.39 is 0 Å². The molecule has 0 aromatic heterocycles. The van der Waals surface area contributed by atoms with Gasteiger partial charge < -0.3 is 10.4 Å². The first-order chi connectivity index (χ1) is 8.97. The van der Waals surface area contributed by atoms with Gasteiger partial charge in [-0.3, -0.25) is 0 Å². The number of nitrogens with zero attached hydrogens (tertiary/aromatic N) is 1. The number of nitriles is 1. The third kappa shape index (κ3) is 4.62. The summed E-state index contributed by atoms with van der Waals surface area (Å²) in [5.74, 6) is 0.0722. The zero-order valence-electron chi connectivity index (χ0n) is 11.7. The molecule has 2 N–H and O–H groups in total. The lowest BCUT2D eigenvalue weighted by Gasteiger charge is -2.23. The molecule has 1 rings (SSSR count). The fraction of sp³-hybridized carbons (Fsp3) is 0.533. The van der Waals surface area contributed by atoms with Gasteiger partial charge in [-0.1, -0.05) is 19.9 Å². The molecule has 104 valence electrons. The van der Waals surface area contributed by atoms with Crippen molar-refractivity contribution < 1.29 is 9.50 Å². The smallest absolute Gasteiger partial charge is 0.129 e. The van der Waals surface area contributed by atoms with Crippen molar-refractivity contribution in [3.05, 3.63) is 35.1 Å². The van der Waals surface area contributed by atoms with Crippen molar-refractivity contribution in [2.75, 3.05) is 6.61 Å². The van der Waals surface area contributed by atoms with Crippen molar-refractivity contribution in [3.63, 3.8) is 0 Å². The van der Waals surface area contributed by atoms with Crippen LogP contribution in [0.1, 0.15) is 44.4 Å². The first-order valence-electron chi connectivity index (χ1n) is 6.54. The van der Waals surface area contributed by atoms with E-state index in [0.29, 0.717) is 17.0 Å². The minimum absolute atomic E-state index is 0.0282. The van der Waals surface area contributed by atoms with Gasteiger partial charge in [-0.15, -0.1) is 0 Å². The van der Waals surface area contributed by atoms with Crippen LogP contribution in [0, 0.1) is 23.1 Å². The highest BCUT2D eigenvalue weighted by molar-refractivity contribution is 5.34. The highest BCUT2D eigenvalue weighted by atomic mass is 19.1. The zero-order valence-corrected chi connectivity index (χ0v) is 11.7. The van der Waals surface area contributed by atoms with E-state index in [-0.39, 0.29) is 24.5 Å². The number of benzene rings is 1. The Bertz CT molecular complexity index is 454. The van der Waals surface area contributed by atoms with Crippen molar-refractivity contribution in [2.24, 2.45) is 5.92 Å². The molecular formula is C15H21FN2O. The van der Waals surface area contributed by atoms with Gasteiger partial charge in [-0.05, 0) is 31.4 Å². The molecule has 0 radical (unpaired) electrons. The van der Waals surface area contributed by atoms with Crippen LogP contribution in [-0.2, 0) is 0 Å². The van der Waals surface area contributed by atoms with Crippen LogP contribution in [0.5, 0.6) is 0 Å². The Kier molecular flexibility index (Phi) is 5.94. The molecule has 0 bridgehead atoms. The van der Waals surface area contributed by atoms with Crippen molar-refractivity contribution in [1.29, 1.82) is 5.26 Å². The molecule has 4 heteroatoms. The van der Waals surface area contributed by atoms with Crippen molar-refractivity contribution >= 4 is 0 Å². The Hall–Kier alpha value is -1.44. The summed E-state index contributed by atoms with van der Waals surface area (Å²) in [6.07, 6.45) is 0.832. The largest absolute Gasteiger partial charge is 0.395 e. The maximum Gasteiger partial charge on any atom is 0.129 e. The summed E-state index contributed by atoms with van der Waals surface area (Å²) >= 11 is 0. The molecule has 0 saturated carbocycles. The minimum atomic E-state index is -0.389. The SMILES string of the molecule is CC(C)CC(CO)NC(C)c1ccc(C#N)cc1F. The van der Waals surface area contributed by atoms with Gasteiger partial charge in [0.05, 0.1) is 18.2 Å². The Morgan fingerprint density at radius 1 is 1.37 bits per heavy atom.